The van der Waals surface area contributed by atoms with E-state index in [1.807, 2.05) is 0 Å². The second-order valence-electron chi connectivity index (χ2n) is 3.59. The molecule has 0 radical (unpaired) electrons. The molecule has 0 aliphatic carbocycles. The number of rotatable bonds is 3. The SMILES string of the molecule is COc1cc(F)c(N=Nc2ccccc2F)c(F)c1. The van der Waals surface area contributed by atoms with Crippen molar-refractivity contribution in [3.05, 3.63) is 53.8 Å². The highest BCUT2D eigenvalue weighted by Crippen LogP contribution is 2.29. The third kappa shape index (κ3) is 2.90. The molecule has 6 heteroatoms. The van der Waals surface area contributed by atoms with Crippen LogP contribution in [-0.2, 0) is 0 Å². The van der Waals surface area contributed by atoms with Gasteiger partial charge in [-0.15, -0.1) is 10.2 Å². The van der Waals surface area contributed by atoms with Gasteiger partial charge in [-0.25, -0.2) is 13.2 Å². The molecule has 0 fully saturated rings. The van der Waals surface area contributed by atoms with Crippen molar-refractivity contribution in [3.63, 3.8) is 0 Å². The van der Waals surface area contributed by atoms with E-state index >= 15 is 0 Å². The van der Waals surface area contributed by atoms with Gasteiger partial charge in [-0.05, 0) is 12.1 Å². The van der Waals surface area contributed by atoms with E-state index in [2.05, 4.69) is 10.2 Å². The van der Waals surface area contributed by atoms with Crippen molar-refractivity contribution in [1.82, 2.24) is 0 Å². The van der Waals surface area contributed by atoms with Gasteiger partial charge in [0.2, 0.25) is 0 Å². The van der Waals surface area contributed by atoms with Crippen molar-refractivity contribution < 1.29 is 17.9 Å². The Morgan fingerprint density at radius 1 is 0.895 bits per heavy atom. The monoisotopic (exact) mass is 266 g/mol. The predicted molar refractivity (Wildman–Crippen MR) is 63.5 cm³/mol. The van der Waals surface area contributed by atoms with E-state index in [4.69, 9.17) is 4.74 Å². The Balaban J connectivity index is 2.36. The van der Waals surface area contributed by atoms with E-state index in [9.17, 15) is 13.2 Å². The molecule has 0 saturated carbocycles. The maximum Gasteiger partial charge on any atom is 0.157 e. The molecule has 2 aromatic rings. The lowest BCUT2D eigenvalue weighted by atomic mass is 10.3. The average Bonchev–Trinajstić information content (AvgIpc) is 2.39. The number of hydrogen-bond donors (Lipinski definition) is 0. The van der Waals surface area contributed by atoms with Crippen LogP contribution in [0.5, 0.6) is 5.75 Å². The maximum absolute atomic E-state index is 13.5. The summed E-state index contributed by atoms with van der Waals surface area (Å²) >= 11 is 0. The molecule has 0 bridgehead atoms. The van der Waals surface area contributed by atoms with E-state index in [1.165, 1.54) is 31.4 Å². The second-order valence-corrected chi connectivity index (χ2v) is 3.59. The van der Waals surface area contributed by atoms with E-state index in [-0.39, 0.29) is 11.4 Å². The lowest BCUT2D eigenvalue weighted by Crippen LogP contribution is -1.88. The van der Waals surface area contributed by atoms with Gasteiger partial charge < -0.3 is 4.74 Å². The van der Waals surface area contributed by atoms with E-state index in [0.717, 1.165) is 12.1 Å². The Labute approximate surface area is 107 Å². The third-order valence-corrected chi connectivity index (χ3v) is 2.34. The molecule has 0 N–H and O–H groups in total. The van der Waals surface area contributed by atoms with Crippen LogP contribution < -0.4 is 4.74 Å². The highest BCUT2D eigenvalue weighted by atomic mass is 19.1. The topological polar surface area (TPSA) is 34.0 Å². The molecule has 19 heavy (non-hydrogen) atoms. The summed E-state index contributed by atoms with van der Waals surface area (Å²) in [6, 6.07) is 7.48. The molecule has 3 nitrogen and oxygen atoms in total. The van der Waals surface area contributed by atoms with Crippen molar-refractivity contribution in [2.75, 3.05) is 7.11 Å². The van der Waals surface area contributed by atoms with Gasteiger partial charge in [-0.1, -0.05) is 12.1 Å². The lowest BCUT2D eigenvalue weighted by Gasteiger charge is -2.02. The molecule has 0 amide bonds. The molecule has 0 unspecified atom stereocenters. The summed E-state index contributed by atoms with van der Waals surface area (Å²) in [4.78, 5) is 0. The molecular weight excluding hydrogens is 257 g/mol. The minimum atomic E-state index is -0.933. The smallest absolute Gasteiger partial charge is 0.157 e. The Hall–Kier alpha value is -2.37. The Bertz CT molecular complexity index is 606. The van der Waals surface area contributed by atoms with Gasteiger partial charge in [-0.2, -0.15) is 0 Å². The fraction of sp³-hybridized carbons (Fsp3) is 0.0769. The van der Waals surface area contributed by atoms with Crippen molar-refractivity contribution >= 4 is 11.4 Å². The number of halogens is 3. The van der Waals surface area contributed by atoms with Gasteiger partial charge in [0.25, 0.3) is 0 Å². The molecule has 0 heterocycles. The molecular formula is C13H9F3N2O. The first-order valence-electron chi connectivity index (χ1n) is 5.31. The lowest BCUT2D eigenvalue weighted by molar-refractivity contribution is 0.407. The zero-order chi connectivity index (χ0) is 13.8. The normalized spacial score (nSPS) is 10.9. The first-order chi connectivity index (χ1) is 9.11. The van der Waals surface area contributed by atoms with Crippen LogP contribution in [-0.4, -0.2) is 7.11 Å². The van der Waals surface area contributed by atoms with E-state index in [1.54, 1.807) is 0 Å². The summed E-state index contributed by atoms with van der Waals surface area (Å²) in [5, 5.41) is 6.87. The van der Waals surface area contributed by atoms with Gasteiger partial charge in [0, 0.05) is 12.1 Å². The second kappa shape index (κ2) is 5.51. The van der Waals surface area contributed by atoms with Gasteiger partial charge in [0.15, 0.2) is 23.1 Å². The molecule has 0 spiro atoms. The summed E-state index contributed by atoms with van der Waals surface area (Å²) in [5.41, 5.74) is -0.693. The Kier molecular flexibility index (Phi) is 3.79. The summed E-state index contributed by atoms with van der Waals surface area (Å²) in [7, 11) is 1.29. The summed E-state index contributed by atoms with van der Waals surface area (Å²) < 4.78 is 45.0. The molecule has 0 saturated heterocycles. The van der Waals surface area contributed by atoms with Crippen LogP contribution in [0.25, 0.3) is 0 Å². The largest absolute Gasteiger partial charge is 0.497 e. The van der Waals surface area contributed by atoms with Crippen molar-refractivity contribution in [2.24, 2.45) is 10.2 Å². The first-order valence-corrected chi connectivity index (χ1v) is 5.31. The van der Waals surface area contributed by atoms with Crippen LogP contribution in [0.15, 0.2) is 46.6 Å². The highest BCUT2D eigenvalue weighted by molar-refractivity contribution is 5.45. The third-order valence-electron chi connectivity index (χ3n) is 2.34. The zero-order valence-electron chi connectivity index (χ0n) is 9.90. The van der Waals surface area contributed by atoms with Crippen LogP contribution in [0.3, 0.4) is 0 Å². The minimum Gasteiger partial charge on any atom is -0.497 e. The molecule has 0 aliphatic rings. The number of benzene rings is 2. The highest BCUT2D eigenvalue weighted by Gasteiger charge is 2.11. The maximum atomic E-state index is 13.5. The number of nitrogens with zero attached hydrogens (tertiary/aromatic N) is 2. The molecule has 0 aromatic heterocycles. The molecule has 0 aliphatic heterocycles. The van der Waals surface area contributed by atoms with Gasteiger partial charge >= 0.3 is 0 Å². The van der Waals surface area contributed by atoms with Crippen LogP contribution in [0.2, 0.25) is 0 Å². The van der Waals surface area contributed by atoms with Crippen LogP contribution in [0.1, 0.15) is 0 Å². The fourth-order valence-electron chi connectivity index (χ4n) is 1.39. The standard InChI is InChI=1S/C13H9F3N2O/c1-19-8-6-10(15)13(11(16)7-8)18-17-12-5-3-2-4-9(12)14/h2-7H,1H3. The Morgan fingerprint density at radius 2 is 1.53 bits per heavy atom. The minimum absolute atomic E-state index is 0.0276. The summed E-state index contributed by atoms with van der Waals surface area (Å²) in [6.07, 6.45) is 0. The zero-order valence-corrected chi connectivity index (χ0v) is 9.90. The molecule has 0 atom stereocenters. The fourth-order valence-corrected chi connectivity index (χ4v) is 1.39. The van der Waals surface area contributed by atoms with Crippen LogP contribution >= 0.6 is 0 Å². The van der Waals surface area contributed by atoms with Crippen molar-refractivity contribution in [3.8, 4) is 5.75 Å². The molecule has 2 aromatic carbocycles. The molecule has 98 valence electrons. The van der Waals surface area contributed by atoms with Crippen molar-refractivity contribution in [1.29, 1.82) is 0 Å². The number of azo groups is 1. The number of hydrogen-bond acceptors (Lipinski definition) is 3. The summed E-state index contributed by atoms with van der Waals surface area (Å²) in [5.74, 6) is -2.46. The average molecular weight is 266 g/mol. The van der Waals surface area contributed by atoms with Crippen LogP contribution in [0, 0.1) is 17.5 Å². The quantitative estimate of drug-likeness (QED) is 0.751. The first kappa shape index (κ1) is 13.1. The number of ether oxygens (including phenoxy) is 1. The summed E-state index contributed by atoms with van der Waals surface area (Å²) in [6.45, 7) is 0. The molecule has 2 rings (SSSR count). The van der Waals surface area contributed by atoms with Crippen molar-refractivity contribution in [2.45, 2.75) is 0 Å². The number of methoxy groups -OCH3 is 1. The Morgan fingerprint density at radius 3 is 2.11 bits per heavy atom. The van der Waals surface area contributed by atoms with Gasteiger partial charge in [0.05, 0.1) is 7.11 Å². The van der Waals surface area contributed by atoms with Crippen LogP contribution in [0.4, 0.5) is 24.5 Å². The predicted octanol–water partition coefficient (Wildman–Crippen LogP) is 4.53. The van der Waals surface area contributed by atoms with Gasteiger partial charge in [0.1, 0.15) is 11.4 Å². The van der Waals surface area contributed by atoms with Gasteiger partial charge in [-0.3, -0.25) is 0 Å². The van der Waals surface area contributed by atoms with E-state index in [0.29, 0.717) is 0 Å². The van der Waals surface area contributed by atoms with E-state index < -0.39 is 23.1 Å².